The van der Waals surface area contributed by atoms with Crippen LogP contribution in [0.4, 0.5) is 0 Å². The summed E-state index contributed by atoms with van der Waals surface area (Å²) >= 11 is 0. The van der Waals surface area contributed by atoms with Gasteiger partial charge in [0.15, 0.2) is 6.10 Å². The van der Waals surface area contributed by atoms with Crippen LogP contribution in [0, 0.1) is 0 Å². The Balaban J connectivity index is 3.15. The first-order valence-electron chi connectivity index (χ1n) is 8.48. The summed E-state index contributed by atoms with van der Waals surface area (Å²) in [5.41, 5.74) is 0. The van der Waals surface area contributed by atoms with E-state index < -0.39 is 12.1 Å². The molecule has 1 atom stereocenters. The maximum atomic E-state index is 10.7. The summed E-state index contributed by atoms with van der Waals surface area (Å²) in [6, 6.07) is 0. The number of carboxylic acid groups (broad SMARTS) is 1. The van der Waals surface area contributed by atoms with Gasteiger partial charge in [0.25, 0.3) is 0 Å². The van der Waals surface area contributed by atoms with Crippen molar-refractivity contribution in [3.8, 4) is 0 Å². The quantitative estimate of drug-likeness (QED) is 0.422. The Morgan fingerprint density at radius 2 is 1.25 bits per heavy atom. The minimum Gasteiger partial charge on any atom is -0.479 e. The number of methoxy groups -OCH3 is 1. The van der Waals surface area contributed by atoms with Crippen LogP contribution in [0.2, 0.25) is 0 Å². The number of hydrogen-bond acceptors (Lipinski definition) is 2. The van der Waals surface area contributed by atoms with E-state index in [9.17, 15) is 4.79 Å². The van der Waals surface area contributed by atoms with Crippen molar-refractivity contribution in [2.24, 2.45) is 0 Å². The molecule has 3 nitrogen and oxygen atoms in total. The zero-order valence-corrected chi connectivity index (χ0v) is 13.5. The number of aliphatic carboxylic acids is 1. The number of carbonyl (C=O) groups is 1. The lowest BCUT2D eigenvalue weighted by atomic mass is 10.0. The standard InChI is InChI=1S/C17H34O3/c1-3-4-5-6-7-8-9-10-11-12-13-14-15-16(20-2)17(18)19/h16H,3-15H2,1-2H3,(H,18,19)/t16-/m1/s1. The van der Waals surface area contributed by atoms with E-state index in [-0.39, 0.29) is 0 Å². The van der Waals surface area contributed by atoms with Crippen molar-refractivity contribution in [3.05, 3.63) is 0 Å². The molecule has 1 N–H and O–H groups in total. The molecule has 20 heavy (non-hydrogen) atoms. The van der Waals surface area contributed by atoms with Gasteiger partial charge in [-0.2, -0.15) is 0 Å². The maximum absolute atomic E-state index is 10.7. The van der Waals surface area contributed by atoms with Crippen molar-refractivity contribution in [3.63, 3.8) is 0 Å². The van der Waals surface area contributed by atoms with Crippen molar-refractivity contribution >= 4 is 5.97 Å². The largest absolute Gasteiger partial charge is 0.479 e. The second kappa shape index (κ2) is 14.8. The van der Waals surface area contributed by atoms with Crippen LogP contribution in [-0.4, -0.2) is 24.3 Å². The van der Waals surface area contributed by atoms with Gasteiger partial charge in [-0.25, -0.2) is 4.79 Å². The molecular weight excluding hydrogens is 252 g/mol. The lowest BCUT2D eigenvalue weighted by molar-refractivity contribution is -0.148. The fourth-order valence-electron chi connectivity index (χ4n) is 2.51. The summed E-state index contributed by atoms with van der Waals surface area (Å²) in [6.07, 6.45) is 15.6. The summed E-state index contributed by atoms with van der Waals surface area (Å²) in [4.78, 5) is 10.7. The molecule has 0 heterocycles. The maximum Gasteiger partial charge on any atom is 0.332 e. The molecule has 0 spiro atoms. The minimum absolute atomic E-state index is 0.613. The predicted octanol–water partition coefficient (Wildman–Crippen LogP) is 5.18. The molecule has 0 unspecified atom stereocenters. The molecule has 0 saturated heterocycles. The Morgan fingerprint density at radius 3 is 1.60 bits per heavy atom. The van der Waals surface area contributed by atoms with E-state index in [1.165, 1.54) is 71.3 Å². The van der Waals surface area contributed by atoms with Crippen molar-refractivity contribution in [1.29, 1.82) is 0 Å². The molecule has 0 aliphatic carbocycles. The summed E-state index contributed by atoms with van der Waals surface area (Å²) in [6.45, 7) is 2.26. The number of hydrogen-bond donors (Lipinski definition) is 1. The molecule has 0 aromatic carbocycles. The molecule has 0 aromatic heterocycles. The lowest BCUT2D eigenvalue weighted by Crippen LogP contribution is -2.21. The summed E-state index contributed by atoms with van der Waals surface area (Å²) < 4.78 is 4.91. The van der Waals surface area contributed by atoms with Gasteiger partial charge in [-0.3, -0.25) is 0 Å². The third-order valence-electron chi connectivity index (χ3n) is 3.88. The SMILES string of the molecule is CCCCCCCCCCCCCC[C@@H](OC)C(=O)O. The normalized spacial score (nSPS) is 12.5. The second-order valence-electron chi connectivity index (χ2n) is 5.74. The lowest BCUT2D eigenvalue weighted by Gasteiger charge is -2.09. The van der Waals surface area contributed by atoms with E-state index in [0.29, 0.717) is 6.42 Å². The van der Waals surface area contributed by atoms with Gasteiger partial charge in [-0.15, -0.1) is 0 Å². The van der Waals surface area contributed by atoms with Crippen molar-refractivity contribution in [1.82, 2.24) is 0 Å². The minimum atomic E-state index is -0.837. The number of carboxylic acids is 1. The topological polar surface area (TPSA) is 46.5 Å². The van der Waals surface area contributed by atoms with Crippen LogP contribution >= 0.6 is 0 Å². The smallest absolute Gasteiger partial charge is 0.332 e. The Morgan fingerprint density at radius 1 is 0.850 bits per heavy atom. The van der Waals surface area contributed by atoms with Crippen LogP contribution in [0.15, 0.2) is 0 Å². The van der Waals surface area contributed by atoms with Crippen molar-refractivity contribution in [2.75, 3.05) is 7.11 Å². The van der Waals surface area contributed by atoms with Crippen LogP contribution in [0.5, 0.6) is 0 Å². The fraction of sp³-hybridized carbons (Fsp3) is 0.941. The average Bonchev–Trinajstić information content (AvgIpc) is 2.43. The highest BCUT2D eigenvalue weighted by atomic mass is 16.5. The highest BCUT2D eigenvalue weighted by Gasteiger charge is 2.14. The van der Waals surface area contributed by atoms with E-state index in [4.69, 9.17) is 9.84 Å². The van der Waals surface area contributed by atoms with Gasteiger partial charge in [0, 0.05) is 7.11 Å². The average molecular weight is 286 g/mol. The van der Waals surface area contributed by atoms with Gasteiger partial charge in [0.2, 0.25) is 0 Å². The molecule has 0 saturated carbocycles. The molecule has 0 fully saturated rings. The van der Waals surface area contributed by atoms with Gasteiger partial charge >= 0.3 is 5.97 Å². The van der Waals surface area contributed by atoms with Crippen LogP contribution in [-0.2, 0) is 9.53 Å². The van der Waals surface area contributed by atoms with Crippen LogP contribution < -0.4 is 0 Å². The van der Waals surface area contributed by atoms with E-state index in [2.05, 4.69) is 6.92 Å². The van der Waals surface area contributed by atoms with Gasteiger partial charge in [0.1, 0.15) is 0 Å². The number of unbranched alkanes of at least 4 members (excludes halogenated alkanes) is 11. The first-order chi connectivity index (χ1) is 9.72. The van der Waals surface area contributed by atoms with Gasteiger partial charge < -0.3 is 9.84 Å². The van der Waals surface area contributed by atoms with Crippen molar-refractivity contribution < 1.29 is 14.6 Å². The highest BCUT2D eigenvalue weighted by Crippen LogP contribution is 2.13. The molecule has 120 valence electrons. The number of ether oxygens (including phenoxy) is 1. The first kappa shape index (κ1) is 19.4. The molecule has 0 amide bonds. The molecular formula is C17H34O3. The van der Waals surface area contributed by atoms with E-state index in [0.717, 1.165) is 12.8 Å². The van der Waals surface area contributed by atoms with Gasteiger partial charge in [-0.1, -0.05) is 84.0 Å². The Hall–Kier alpha value is -0.570. The molecule has 0 aliphatic rings. The predicted molar refractivity (Wildman–Crippen MR) is 84.1 cm³/mol. The van der Waals surface area contributed by atoms with Crippen LogP contribution in [0.25, 0.3) is 0 Å². The van der Waals surface area contributed by atoms with Crippen LogP contribution in [0.3, 0.4) is 0 Å². The molecule has 0 aromatic rings. The zero-order valence-electron chi connectivity index (χ0n) is 13.5. The Kier molecular flexibility index (Phi) is 14.4. The Bertz CT molecular complexity index is 216. The zero-order chi connectivity index (χ0) is 15.1. The van der Waals surface area contributed by atoms with Crippen molar-refractivity contribution in [2.45, 2.75) is 96.5 Å². The third-order valence-corrected chi connectivity index (χ3v) is 3.88. The first-order valence-corrected chi connectivity index (χ1v) is 8.48. The van der Waals surface area contributed by atoms with Gasteiger partial charge in [0.05, 0.1) is 0 Å². The molecule has 0 radical (unpaired) electrons. The monoisotopic (exact) mass is 286 g/mol. The molecule has 0 bridgehead atoms. The van der Waals surface area contributed by atoms with Crippen LogP contribution in [0.1, 0.15) is 90.4 Å². The molecule has 3 heteroatoms. The summed E-state index contributed by atoms with van der Waals surface area (Å²) in [5, 5.41) is 8.83. The van der Waals surface area contributed by atoms with E-state index in [1.807, 2.05) is 0 Å². The van der Waals surface area contributed by atoms with Gasteiger partial charge in [-0.05, 0) is 6.42 Å². The molecule has 0 rings (SSSR count). The third kappa shape index (κ3) is 12.5. The van der Waals surface area contributed by atoms with E-state index in [1.54, 1.807) is 0 Å². The second-order valence-corrected chi connectivity index (χ2v) is 5.74. The molecule has 0 aliphatic heterocycles. The fourth-order valence-corrected chi connectivity index (χ4v) is 2.51. The summed E-state index contributed by atoms with van der Waals surface area (Å²) in [7, 11) is 1.47. The summed E-state index contributed by atoms with van der Waals surface area (Å²) in [5.74, 6) is -0.837. The Labute approximate surface area is 125 Å². The number of rotatable bonds is 15. The highest BCUT2D eigenvalue weighted by molar-refractivity contribution is 5.72. The van der Waals surface area contributed by atoms with E-state index >= 15 is 0 Å².